The van der Waals surface area contributed by atoms with Gasteiger partial charge in [0, 0.05) is 17.3 Å². The highest BCUT2D eigenvalue weighted by atomic mass is 35.5. The minimum atomic E-state index is 0. The lowest BCUT2D eigenvalue weighted by Crippen LogP contribution is -1.89. The van der Waals surface area contributed by atoms with Gasteiger partial charge in [-0.3, -0.25) is 4.98 Å². The standard InChI is InChI=1S/C8H9NO2.ClH/c1-5-8(10)7-4-11-3-6(7)2-9-5;/h2,10H,3-4H2,1H3;1H. The molecule has 4 heteroatoms. The van der Waals surface area contributed by atoms with Gasteiger partial charge in [0.05, 0.1) is 18.9 Å². The Morgan fingerprint density at radius 2 is 2.25 bits per heavy atom. The predicted octanol–water partition coefficient (Wildman–Crippen LogP) is 1.55. The van der Waals surface area contributed by atoms with E-state index in [0.29, 0.717) is 24.7 Å². The second-order valence-corrected chi connectivity index (χ2v) is 2.69. The summed E-state index contributed by atoms with van der Waals surface area (Å²) in [5, 5.41) is 9.48. The highest BCUT2D eigenvalue weighted by Gasteiger charge is 2.16. The Hall–Kier alpha value is -0.800. The summed E-state index contributed by atoms with van der Waals surface area (Å²) in [5.74, 6) is 0.292. The van der Waals surface area contributed by atoms with Crippen molar-refractivity contribution in [1.82, 2.24) is 4.98 Å². The van der Waals surface area contributed by atoms with Crippen molar-refractivity contribution in [2.75, 3.05) is 0 Å². The average molecular weight is 188 g/mol. The molecule has 0 bridgehead atoms. The fourth-order valence-electron chi connectivity index (χ4n) is 1.23. The van der Waals surface area contributed by atoms with E-state index >= 15 is 0 Å². The third-order valence-corrected chi connectivity index (χ3v) is 1.93. The van der Waals surface area contributed by atoms with Crippen LogP contribution in [-0.2, 0) is 18.0 Å². The van der Waals surface area contributed by atoms with Gasteiger partial charge in [0.25, 0.3) is 0 Å². The predicted molar refractivity (Wildman–Crippen MR) is 46.4 cm³/mol. The summed E-state index contributed by atoms with van der Waals surface area (Å²) in [6.45, 7) is 2.88. The first kappa shape index (κ1) is 9.29. The van der Waals surface area contributed by atoms with E-state index in [1.54, 1.807) is 13.1 Å². The zero-order valence-corrected chi connectivity index (χ0v) is 7.52. The molecule has 1 N–H and O–H groups in total. The molecule has 1 aromatic rings. The lowest BCUT2D eigenvalue weighted by atomic mass is 10.1. The highest BCUT2D eigenvalue weighted by Crippen LogP contribution is 2.29. The number of hydrogen-bond donors (Lipinski definition) is 1. The number of nitrogens with zero attached hydrogens (tertiary/aromatic N) is 1. The van der Waals surface area contributed by atoms with Gasteiger partial charge in [-0.05, 0) is 6.92 Å². The second-order valence-electron chi connectivity index (χ2n) is 2.69. The molecule has 0 spiro atoms. The van der Waals surface area contributed by atoms with Crippen LogP contribution in [0.5, 0.6) is 5.75 Å². The van der Waals surface area contributed by atoms with Crippen LogP contribution in [0.4, 0.5) is 0 Å². The van der Waals surface area contributed by atoms with Gasteiger partial charge in [-0.15, -0.1) is 12.4 Å². The van der Waals surface area contributed by atoms with Gasteiger partial charge in [0.2, 0.25) is 0 Å². The van der Waals surface area contributed by atoms with Crippen LogP contribution in [0.25, 0.3) is 0 Å². The number of aromatic nitrogens is 1. The average Bonchev–Trinajstić information content (AvgIpc) is 2.45. The van der Waals surface area contributed by atoms with E-state index in [9.17, 15) is 5.11 Å². The molecule has 66 valence electrons. The van der Waals surface area contributed by atoms with Crippen molar-refractivity contribution in [3.8, 4) is 5.75 Å². The van der Waals surface area contributed by atoms with Crippen LogP contribution in [0.1, 0.15) is 16.8 Å². The molecule has 0 aliphatic carbocycles. The molecule has 0 saturated carbocycles. The Labute approximate surface area is 76.8 Å². The zero-order chi connectivity index (χ0) is 7.84. The molecule has 1 aromatic heterocycles. The topological polar surface area (TPSA) is 42.4 Å². The Balaban J connectivity index is 0.000000720. The minimum absolute atomic E-state index is 0. The molecule has 2 rings (SSSR count). The van der Waals surface area contributed by atoms with E-state index in [0.717, 1.165) is 11.1 Å². The van der Waals surface area contributed by atoms with Crippen molar-refractivity contribution >= 4 is 12.4 Å². The van der Waals surface area contributed by atoms with Gasteiger partial charge in [-0.25, -0.2) is 0 Å². The monoisotopic (exact) mass is 187 g/mol. The number of aryl methyl sites for hydroxylation is 1. The maximum atomic E-state index is 9.48. The molecule has 0 unspecified atom stereocenters. The van der Waals surface area contributed by atoms with Gasteiger partial charge >= 0.3 is 0 Å². The highest BCUT2D eigenvalue weighted by molar-refractivity contribution is 5.85. The smallest absolute Gasteiger partial charge is 0.142 e. The summed E-state index contributed by atoms with van der Waals surface area (Å²) in [4.78, 5) is 4.02. The van der Waals surface area contributed by atoms with Crippen LogP contribution in [0.3, 0.4) is 0 Å². The first-order valence-electron chi connectivity index (χ1n) is 3.53. The number of aromatic hydroxyl groups is 1. The van der Waals surface area contributed by atoms with Gasteiger partial charge in [0.15, 0.2) is 0 Å². The van der Waals surface area contributed by atoms with Crippen molar-refractivity contribution in [1.29, 1.82) is 0 Å². The summed E-state index contributed by atoms with van der Waals surface area (Å²) in [7, 11) is 0. The molecule has 0 fully saturated rings. The molecule has 0 amide bonds. The number of hydrogen-bond acceptors (Lipinski definition) is 3. The molecular formula is C8H10ClNO2. The van der Waals surface area contributed by atoms with E-state index in [-0.39, 0.29) is 12.4 Å². The maximum absolute atomic E-state index is 9.48. The number of ether oxygens (including phenoxy) is 1. The Bertz CT molecular complexity index is 301. The Kier molecular flexibility index (Phi) is 2.55. The van der Waals surface area contributed by atoms with Crippen LogP contribution >= 0.6 is 12.4 Å². The van der Waals surface area contributed by atoms with Crippen molar-refractivity contribution in [2.45, 2.75) is 20.1 Å². The van der Waals surface area contributed by atoms with Crippen LogP contribution in [0.2, 0.25) is 0 Å². The van der Waals surface area contributed by atoms with E-state index < -0.39 is 0 Å². The molecule has 3 nitrogen and oxygen atoms in total. The molecule has 1 aliphatic rings. The first-order valence-corrected chi connectivity index (χ1v) is 3.53. The van der Waals surface area contributed by atoms with Gasteiger partial charge in [-0.2, -0.15) is 0 Å². The first-order chi connectivity index (χ1) is 5.29. The lowest BCUT2D eigenvalue weighted by molar-refractivity contribution is 0.133. The van der Waals surface area contributed by atoms with Gasteiger partial charge in [-0.1, -0.05) is 0 Å². The van der Waals surface area contributed by atoms with Crippen LogP contribution in [0.15, 0.2) is 6.20 Å². The number of rotatable bonds is 0. The minimum Gasteiger partial charge on any atom is -0.506 e. The fraction of sp³-hybridized carbons (Fsp3) is 0.375. The van der Waals surface area contributed by atoms with Crippen LogP contribution < -0.4 is 0 Å². The third kappa shape index (κ3) is 1.26. The van der Waals surface area contributed by atoms with E-state index in [2.05, 4.69) is 4.98 Å². The summed E-state index contributed by atoms with van der Waals surface area (Å²) in [6, 6.07) is 0. The Morgan fingerprint density at radius 1 is 1.50 bits per heavy atom. The van der Waals surface area contributed by atoms with Crippen molar-refractivity contribution < 1.29 is 9.84 Å². The number of fused-ring (bicyclic) bond motifs is 1. The molecule has 0 saturated heterocycles. The summed E-state index contributed by atoms with van der Waals surface area (Å²) in [6.07, 6.45) is 1.76. The molecule has 12 heavy (non-hydrogen) atoms. The molecule has 0 atom stereocenters. The zero-order valence-electron chi connectivity index (χ0n) is 6.70. The van der Waals surface area contributed by atoms with Gasteiger partial charge in [0.1, 0.15) is 5.75 Å². The molecule has 0 aromatic carbocycles. The third-order valence-electron chi connectivity index (χ3n) is 1.93. The molecular weight excluding hydrogens is 178 g/mol. The SMILES string of the molecule is Cc1ncc2c(c1O)COC2.Cl. The van der Waals surface area contributed by atoms with Crippen molar-refractivity contribution in [3.05, 3.63) is 23.0 Å². The number of pyridine rings is 1. The summed E-state index contributed by atoms with van der Waals surface area (Å²) < 4.78 is 5.15. The summed E-state index contributed by atoms with van der Waals surface area (Å²) >= 11 is 0. The van der Waals surface area contributed by atoms with E-state index in [1.165, 1.54) is 0 Å². The molecule has 2 heterocycles. The van der Waals surface area contributed by atoms with Crippen molar-refractivity contribution in [3.63, 3.8) is 0 Å². The van der Waals surface area contributed by atoms with Gasteiger partial charge < -0.3 is 9.84 Å². The van der Waals surface area contributed by atoms with Crippen LogP contribution in [0, 0.1) is 6.92 Å². The van der Waals surface area contributed by atoms with Crippen molar-refractivity contribution in [2.24, 2.45) is 0 Å². The van der Waals surface area contributed by atoms with E-state index in [4.69, 9.17) is 4.74 Å². The number of halogens is 1. The molecule has 0 radical (unpaired) electrons. The largest absolute Gasteiger partial charge is 0.506 e. The lowest BCUT2D eigenvalue weighted by Gasteiger charge is -2.01. The maximum Gasteiger partial charge on any atom is 0.142 e. The van der Waals surface area contributed by atoms with E-state index in [1.807, 2.05) is 0 Å². The normalized spacial score (nSPS) is 13.8. The molecule has 1 aliphatic heterocycles. The fourth-order valence-corrected chi connectivity index (χ4v) is 1.23. The second kappa shape index (κ2) is 3.29. The Morgan fingerprint density at radius 3 is 3.00 bits per heavy atom. The quantitative estimate of drug-likeness (QED) is 0.670. The van der Waals surface area contributed by atoms with Crippen LogP contribution in [-0.4, -0.2) is 10.1 Å². The summed E-state index contributed by atoms with van der Waals surface area (Å²) in [5.41, 5.74) is 2.58.